The van der Waals surface area contributed by atoms with E-state index in [0.29, 0.717) is 24.3 Å². The molecule has 0 spiro atoms. The van der Waals surface area contributed by atoms with Crippen molar-refractivity contribution in [2.75, 3.05) is 29.6 Å². The maximum absolute atomic E-state index is 12.4. The molecule has 3 rings (SSSR count). The minimum Gasteiger partial charge on any atom is -0.325 e. The van der Waals surface area contributed by atoms with Crippen LogP contribution >= 0.6 is 11.8 Å². The molecule has 1 aliphatic heterocycles. The largest absolute Gasteiger partial charge is 0.325 e. The van der Waals surface area contributed by atoms with Crippen LogP contribution < -0.4 is 14.9 Å². The van der Waals surface area contributed by atoms with Crippen LogP contribution in [0.4, 0.5) is 11.4 Å². The number of hydrogen-bond acceptors (Lipinski definition) is 5. The summed E-state index contributed by atoms with van der Waals surface area (Å²) in [6, 6.07) is 13.3. The van der Waals surface area contributed by atoms with Gasteiger partial charge in [-0.05, 0) is 61.2 Å². The summed E-state index contributed by atoms with van der Waals surface area (Å²) in [5, 5.41) is 2.65. The van der Waals surface area contributed by atoms with Crippen LogP contribution in [0.2, 0.25) is 0 Å². The number of benzene rings is 2. The molecule has 9 heteroatoms. The Balaban J connectivity index is 1.58. The van der Waals surface area contributed by atoms with Gasteiger partial charge >= 0.3 is 0 Å². The number of hydrogen-bond donors (Lipinski definition) is 2. The molecule has 1 saturated heterocycles. The molecule has 7 nitrogen and oxygen atoms in total. The zero-order valence-corrected chi connectivity index (χ0v) is 17.0. The SMILES string of the molecule is CSc1ccc(NC(=O)CNS(=O)(=O)c2ccc(N3CCCC3=O)cc2)cc1. The van der Waals surface area contributed by atoms with E-state index in [1.165, 1.54) is 12.1 Å². The fourth-order valence-corrected chi connectivity index (χ4v) is 4.24. The number of rotatable bonds is 7. The van der Waals surface area contributed by atoms with Crippen LogP contribution in [0.15, 0.2) is 58.3 Å². The monoisotopic (exact) mass is 419 g/mol. The molecule has 0 radical (unpaired) electrons. The van der Waals surface area contributed by atoms with Gasteiger partial charge in [-0.2, -0.15) is 0 Å². The van der Waals surface area contributed by atoms with Crippen molar-refractivity contribution >= 4 is 45.0 Å². The summed E-state index contributed by atoms with van der Waals surface area (Å²) in [6.07, 6.45) is 3.27. The fourth-order valence-electron chi connectivity index (χ4n) is 2.85. The Bertz CT molecular complexity index is 958. The molecule has 0 aliphatic carbocycles. The second-order valence-electron chi connectivity index (χ2n) is 6.24. The highest BCUT2D eigenvalue weighted by molar-refractivity contribution is 7.98. The van der Waals surface area contributed by atoms with Crippen LogP contribution in [-0.4, -0.2) is 39.6 Å². The van der Waals surface area contributed by atoms with Crippen molar-refractivity contribution < 1.29 is 18.0 Å². The summed E-state index contributed by atoms with van der Waals surface area (Å²) in [6.45, 7) is 0.264. The van der Waals surface area contributed by atoms with Gasteiger partial charge in [0.15, 0.2) is 0 Å². The molecule has 2 aromatic carbocycles. The van der Waals surface area contributed by atoms with E-state index in [-0.39, 0.29) is 17.3 Å². The predicted molar refractivity (Wildman–Crippen MR) is 110 cm³/mol. The van der Waals surface area contributed by atoms with Gasteiger partial charge in [-0.1, -0.05) is 0 Å². The molecular weight excluding hydrogens is 398 g/mol. The number of carbonyl (C=O) groups excluding carboxylic acids is 2. The van der Waals surface area contributed by atoms with Crippen molar-refractivity contribution in [2.24, 2.45) is 0 Å². The number of sulfonamides is 1. The molecule has 2 aromatic rings. The molecule has 28 heavy (non-hydrogen) atoms. The van der Waals surface area contributed by atoms with Crippen LogP contribution in [0.25, 0.3) is 0 Å². The minimum atomic E-state index is -3.83. The summed E-state index contributed by atoms with van der Waals surface area (Å²) >= 11 is 1.59. The van der Waals surface area contributed by atoms with E-state index in [2.05, 4.69) is 10.0 Å². The highest BCUT2D eigenvalue weighted by atomic mass is 32.2. The average molecular weight is 420 g/mol. The molecular formula is C19H21N3O4S2. The first-order valence-corrected chi connectivity index (χ1v) is 11.4. The number of amides is 2. The van der Waals surface area contributed by atoms with E-state index in [1.54, 1.807) is 40.9 Å². The van der Waals surface area contributed by atoms with Crippen LogP contribution in [0, 0.1) is 0 Å². The summed E-state index contributed by atoms with van der Waals surface area (Å²) in [5.74, 6) is -0.421. The quantitative estimate of drug-likeness (QED) is 0.672. The molecule has 0 atom stereocenters. The van der Waals surface area contributed by atoms with Crippen molar-refractivity contribution in [1.29, 1.82) is 0 Å². The van der Waals surface area contributed by atoms with E-state index in [0.717, 1.165) is 11.3 Å². The van der Waals surface area contributed by atoms with Gasteiger partial charge in [0, 0.05) is 29.2 Å². The minimum absolute atomic E-state index is 0.0379. The Kier molecular flexibility index (Phi) is 6.38. The van der Waals surface area contributed by atoms with Crippen molar-refractivity contribution in [1.82, 2.24) is 4.72 Å². The fraction of sp³-hybridized carbons (Fsp3) is 0.263. The van der Waals surface area contributed by atoms with Crippen molar-refractivity contribution in [3.63, 3.8) is 0 Å². The van der Waals surface area contributed by atoms with Crippen LogP contribution in [0.3, 0.4) is 0 Å². The first kappa shape index (κ1) is 20.4. The molecule has 148 valence electrons. The van der Waals surface area contributed by atoms with Crippen molar-refractivity contribution in [3.05, 3.63) is 48.5 Å². The Morgan fingerprint density at radius 3 is 2.36 bits per heavy atom. The second kappa shape index (κ2) is 8.76. The highest BCUT2D eigenvalue weighted by Gasteiger charge is 2.22. The molecule has 1 fully saturated rings. The van der Waals surface area contributed by atoms with Gasteiger partial charge in [0.05, 0.1) is 11.4 Å². The lowest BCUT2D eigenvalue weighted by atomic mass is 10.3. The van der Waals surface area contributed by atoms with E-state index in [9.17, 15) is 18.0 Å². The van der Waals surface area contributed by atoms with Gasteiger partial charge in [0.1, 0.15) is 0 Å². The normalized spacial score (nSPS) is 14.3. The Hall–Kier alpha value is -2.36. The predicted octanol–water partition coefficient (Wildman–Crippen LogP) is 2.45. The molecule has 0 aromatic heterocycles. The van der Waals surface area contributed by atoms with E-state index >= 15 is 0 Å². The molecule has 1 heterocycles. The van der Waals surface area contributed by atoms with E-state index in [4.69, 9.17) is 0 Å². The molecule has 0 saturated carbocycles. The molecule has 1 aliphatic rings. The topological polar surface area (TPSA) is 95.6 Å². The van der Waals surface area contributed by atoms with Gasteiger partial charge in [-0.25, -0.2) is 13.1 Å². The number of carbonyl (C=O) groups is 2. The third-order valence-corrected chi connectivity index (χ3v) is 6.49. The molecule has 0 unspecified atom stereocenters. The summed E-state index contributed by atoms with van der Waals surface area (Å²) in [5.41, 5.74) is 1.27. The third kappa shape index (κ3) is 4.92. The van der Waals surface area contributed by atoms with E-state index < -0.39 is 15.9 Å². The van der Waals surface area contributed by atoms with Gasteiger partial charge < -0.3 is 10.2 Å². The lowest BCUT2D eigenvalue weighted by Gasteiger charge is -2.16. The van der Waals surface area contributed by atoms with Crippen molar-refractivity contribution in [2.45, 2.75) is 22.6 Å². The first-order valence-electron chi connectivity index (χ1n) is 8.73. The maximum Gasteiger partial charge on any atom is 0.241 e. The smallest absolute Gasteiger partial charge is 0.241 e. The van der Waals surface area contributed by atoms with Gasteiger partial charge in [0.2, 0.25) is 21.8 Å². The average Bonchev–Trinajstić information content (AvgIpc) is 3.13. The summed E-state index contributed by atoms with van der Waals surface area (Å²) in [4.78, 5) is 26.5. The summed E-state index contributed by atoms with van der Waals surface area (Å²) < 4.78 is 27.1. The first-order chi connectivity index (χ1) is 13.4. The van der Waals surface area contributed by atoms with Crippen LogP contribution in [0.5, 0.6) is 0 Å². The van der Waals surface area contributed by atoms with Crippen molar-refractivity contribution in [3.8, 4) is 0 Å². The lowest BCUT2D eigenvalue weighted by molar-refractivity contribution is -0.117. The lowest BCUT2D eigenvalue weighted by Crippen LogP contribution is -2.33. The zero-order valence-electron chi connectivity index (χ0n) is 15.3. The number of thioether (sulfide) groups is 1. The molecule has 2 amide bonds. The standard InChI is InChI=1S/C19H21N3O4S2/c1-27-16-8-4-14(5-9-16)21-18(23)13-20-28(25,26)17-10-6-15(7-11-17)22-12-2-3-19(22)24/h4-11,20H,2-3,12-13H2,1H3,(H,21,23). The highest BCUT2D eigenvalue weighted by Crippen LogP contribution is 2.23. The second-order valence-corrected chi connectivity index (χ2v) is 8.89. The van der Waals surface area contributed by atoms with E-state index in [1.807, 2.05) is 18.4 Å². The number of anilines is 2. The zero-order chi connectivity index (χ0) is 20.1. The molecule has 2 N–H and O–H groups in total. The molecule has 0 bridgehead atoms. The van der Waals surface area contributed by atoms with Crippen LogP contribution in [0.1, 0.15) is 12.8 Å². The van der Waals surface area contributed by atoms with Gasteiger partial charge in [-0.15, -0.1) is 11.8 Å². The Morgan fingerprint density at radius 1 is 1.11 bits per heavy atom. The third-order valence-electron chi connectivity index (χ3n) is 4.33. The number of nitrogens with one attached hydrogen (secondary N) is 2. The Morgan fingerprint density at radius 2 is 1.79 bits per heavy atom. The number of nitrogens with zero attached hydrogens (tertiary/aromatic N) is 1. The maximum atomic E-state index is 12.4. The van der Waals surface area contributed by atoms with Gasteiger partial charge in [-0.3, -0.25) is 9.59 Å². The summed E-state index contributed by atoms with van der Waals surface area (Å²) in [7, 11) is -3.83. The van der Waals surface area contributed by atoms with Crippen LogP contribution in [-0.2, 0) is 19.6 Å². The van der Waals surface area contributed by atoms with Gasteiger partial charge in [0.25, 0.3) is 0 Å². The Labute approximate surface area is 168 Å².